The third-order valence-corrected chi connectivity index (χ3v) is 3.33. The Labute approximate surface area is 105 Å². The first-order valence-corrected chi connectivity index (χ1v) is 6.90. The molecule has 0 aliphatic heterocycles. The topological polar surface area (TPSA) is 55.7 Å². The fraction of sp³-hybridized carbons (Fsp3) is 1.00. The van der Waals surface area contributed by atoms with Crippen molar-refractivity contribution < 1.29 is 10.2 Å². The summed E-state index contributed by atoms with van der Waals surface area (Å²) in [6.07, 6.45) is 4.48. The quantitative estimate of drug-likeness (QED) is 0.519. The smallest absolute Gasteiger partial charge is 0.0639 e. The Morgan fingerprint density at radius 3 is 2.41 bits per heavy atom. The minimum atomic E-state index is -0.268. The van der Waals surface area contributed by atoms with Crippen LogP contribution in [0.2, 0.25) is 0 Å². The Kier molecular flexibility index (Phi) is 7.04. The van der Waals surface area contributed by atoms with Gasteiger partial charge in [-0.1, -0.05) is 6.42 Å². The van der Waals surface area contributed by atoms with E-state index in [4.69, 9.17) is 5.11 Å². The van der Waals surface area contributed by atoms with Crippen LogP contribution in [0.3, 0.4) is 0 Å². The molecule has 2 unspecified atom stereocenters. The van der Waals surface area contributed by atoms with Crippen molar-refractivity contribution in [3.05, 3.63) is 0 Å². The fourth-order valence-corrected chi connectivity index (χ4v) is 2.23. The van der Waals surface area contributed by atoms with Gasteiger partial charge in [-0.15, -0.1) is 0 Å². The molecule has 0 amide bonds. The molecule has 3 N–H and O–H groups in total. The predicted octanol–water partition coefficient (Wildman–Crippen LogP) is 0.582. The number of nitrogens with one attached hydrogen (secondary N) is 1. The predicted molar refractivity (Wildman–Crippen MR) is 70.1 cm³/mol. The van der Waals surface area contributed by atoms with Crippen molar-refractivity contribution >= 4 is 0 Å². The molecule has 0 bridgehead atoms. The molecule has 0 aromatic heterocycles. The second kappa shape index (κ2) is 8.03. The average molecular weight is 244 g/mol. The van der Waals surface area contributed by atoms with Crippen molar-refractivity contribution in [3.63, 3.8) is 0 Å². The van der Waals surface area contributed by atoms with Gasteiger partial charge in [0.1, 0.15) is 0 Å². The summed E-state index contributed by atoms with van der Waals surface area (Å²) in [6, 6.07) is 0.696. The van der Waals surface area contributed by atoms with Crippen molar-refractivity contribution in [1.29, 1.82) is 0 Å². The van der Waals surface area contributed by atoms with Crippen LogP contribution in [0.1, 0.15) is 39.5 Å². The van der Waals surface area contributed by atoms with Gasteiger partial charge >= 0.3 is 0 Å². The van der Waals surface area contributed by atoms with Crippen LogP contribution < -0.4 is 5.32 Å². The lowest BCUT2D eigenvalue weighted by Crippen LogP contribution is -2.44. The Bertz CT molecular complexity index is 194. The molecule has 1 fully saturated rings. The van der Waals surface area contributed by atoms with E-state index in [2.05, 4.69) is 10.2 Å². The van der Waals surface area contributed by atoms with Crippen molar-refractivity contribution in [3.8, 4) is 0 Å². The standard InChI is InChI=1S/C13H28N2O2/c1-11(16)9-14-7-4-8-15(10-12(2)17)13-5-3-6-13/h11-14,16-17H,3-10H2,1-2H3. The van der Waals surface area contributed by atoms with Gasteiger partial charge in [0.2, 0.25) is 0 Å². The Balaban J connectivity index is 2.10. The molecule has 0 heterocycles. The first kappa shape index (κ1) is 14.9. The van der Waals surface area contributed by atoms with Crippen LogP contribution in [0.4, 0.5) is 0 Å². The maximum Gasteiger partial charge on any atom is 0.0639 e. The molecule has 1 saturated carbocycles. The number of nitrogens with zero attached hydrogens (tertiary/aromatic N) is 1. The van der Waals surface area contributed by atoms with Gasteiger partial charge in [0.25, 0.3) is 0 Å². The summed E-state index contributed by atoms with van der Waals surface area (Å²) >= 11 is 0. The van der Waals surface area contributed by atoms with E-state index in [0.717, 1.165) is 26.1 Å². The van der Waals surface area contributed by atoms with E-state index in [1.54, 1.807) is 6.92 Å². The minimum Gasteiger partial charge on any atom is -0.392 e. The van der Waals surface area contributed by atoms with E-state index in [0.29, 0.717) is 12.6 Å². The van der Waals surface area contributed by atoms with E-state index in [1.807, 2.05) is 6.92 Å². The molecule has 4 heteroatoms. The normalized spacial score (nSPS) is 20.3. The summed E-state index contributed by atoms with van der Waals surface area (Å²) in [5.41, 5.74) is 0. The van der Waals surface area contributed by atoms with Crippen LogP contribution >= 0.6 is 0 Å². The second-order valence-electron chi connectivity index (χ2n) is 5.34. The molecule has 0 radical (unpaired) electrons. The lowest BCUT2D eigenvalue weighted by molar-refractivity contribution is 0.0656. The number of aliphatic hydroxyl groups is 2. The zero-order valence-corrected chi connectivity index (χ0v) is 11.2. The first-order valence-electron chi connectivity index (χ1n) is 6.90. The third-order valence-electron chi connectivity index (χ3n) is 3.33. The van der Waals surface area contributed by atoms with E-state index in [-0.39, 0.29) is 12.2 Å². The Hall–Kier alpha value is -0.160. The average Bonchev–Trinajstić information content (AvgIpc) is 2.12. The number of hydrogen-bond donors (Lipinski definition) is 3. The van der Waals surface area contributed by atoms with Gasteiger partial charge in [0.15, 0.2) is 0 Å². The summed E-state index contributed by atoms with van der Waals surface area (Å²) in [5.74, 6) is 0. The molecule has 102 valence electrons. The highest BCUT2D eigenvalue weighted by Gasteiger charge is 2.24. The molecule has 0 aromatic carbocycles. The van der Waals surface area contributed by atoms with Crippen LogP contribution in [0, 0.1) is 0 Å². The fourth-order valence-electron chi connectivity index (χ4n) is 2.23. The van der Waals surface area contributed by atoms with Gasteiger partial charge < -0.3 is 15.5 Å². The maximum atomic E-state index is 9.48. The van der Waals surface area contributed by atoms with E-state index < -0.39 is 0 Å². The lowest BCUT2D eigenvalue weighted by Gasteiger charge is -2.38. The Morgan fingerprint density at radius 1 is 1.24 bits per heavy atom. The van der Waals surface area contributed by atoms with Crippen LogP contribution in [0.25, 0.3) is 0 Å². The molecular weight excluding hydrogens is 216 g/mol. The van der Waals surface area contributed by atoms with Gasteiger partial charge in [0, 0.05) is 19.1 Å². The lowest BCUT2D eigenvalue weighted by atomic mass is 9.91. The van der Waals surface area contributed by atoms with Crippen molar-refractivity contribution in [2.24, 2.45) is 0 Å². The van der Waals surface area contributed by atoms with Crippen LogP contribution in [0.15, 0.2) is 0 Å². The number of rotatable bonds is 9. The number of aliphatic hydroxyl groups excluding tert-OH is 2. The zero-order valence-electron chi connectivity index (χ0n) is 11.2. The van der Waals surface area contributed by atoms with Crippen molar-refractivity contribution in [1.82, 2.24) is 10.2 Å². The van der Waals surface area contributed by atoms with E-state index >= 15 is 0 Å². The monoisotopic (exact) mass is 244 g/mol. The first-order chi connectivity index (χ1) is 8.09. The summed E-state index contributed by atoms with van der Waals surface area (Å²) in [6.45, 7) is 7.09. The van der Waals surface area contributed by atoms with Gasteiger partial charge in [-0.05, 0) is 46.2 Å². The number of hydrogen-bond acceptors (Lipinski definition) is 4. The highest BCUT2D eigenvalue weighted by molar-refractivity contribution is 4.81. The molecule has 0 spiro atoms. The summed E-state index contributed by atoms with van der Waals surface area (Å²) in [5, 5.41) is 21.8. The van der Waals surface area contributed by atoms with Gasteiger partial charge in [0.05, 0.1) is 12.2 Å². The van der Waals surface area contributed by atoms with Crippen LogP contribution in [-0.2, 0) is 0 Å². The third kappa shape index (κ3) is 6.36. The molecule has 1 aliphatic rings. The molecule has 1 aliphatic carbocycles. The summed E-state index contributed by atoms with van der Waals surface area (Å²) < 4.78 is 0. The molecule has 2 atom stereocenters. The molecular formula is C13H28N2O2. The molecule has 1 rings (SSSR count). The SMILES string of the molecule is CC(O)CNCCCN(CC(C)O)C1CCC1. The largest absolute Gasteiger partial charge is 0.392 e. The summed E-state index contributed by atoms with van der Waals surface area (Å²) in [4.78, 5) is 2.41. The highest BCUT2D eigenvalue weighted by Crippen LogP contribution is 2.24. The summed E-state index contributed by atoms with van der Waals surface area (Å²) in [7, 11) is 0. The zero-order chi connectivity index (χ0) is 12.7. The van der Waals surface area contributed by atoms with Crippen molar-refractivity contribution in [2.45, 2.75) is 57.8 Å². The van der Waals surface area contributed by atoms with Crippen LogP contribution in [-0.4, -0.2) is 59.5 Å². The second-order valence-corrected chi connectivity index (χ2v) is 5.34. The maximum absolute atomic E-state index is 9.48. The van der Waals surface area contributed by atoms with E-state index in [1.165, 1.54) is 19.3 Å². The molecule has 0 aromatic rings. The van der Waals surface area contributed by atoms with Crippen LogP contribution in [0.5, 0.6) is 0 Å². The van der Waals surface area contributed by atoms with Crippen molar-refractivity contribution in [2.75, 3.05) is 26.2 Å². The molecule has 4 nitrogen and oxygen atoms in total. The van der Waals surface area contributed by atoms with Gasteiger partial charge in [-0.3, -0.25) is 4.90 Å². The van der Waals surface area contributed by atoms with E-state index in [9.17, 15) is 5.11 Å². The van der Waals surface area contributed by atoms with Gasteiger partial charge in [-0.2, -0.15) is 0 Å². The Morgan fingerprint density at radius 2 is 1.94 bits per heavy atom. The molecule has 17 heavy (non-hydrogen) atoms. The molecule has 0 saturated heterocycles. The van der Waals surface area contributed by atoms with Gasteiger partial charge in [-0.25, -0.2) is 0 Å². The minimum absolute atomic E-state index is 0.235. The highest BCUT2D eigenvalue weighted by atomic mass is 16.3.